The molecule has 1 atom stereocenters. The van der Waals surface area contributed by atoms with E-state index < -0.39 is 0 Å². The Hall–Kier alpha value is -0.890. The van der Waals surface area contributed by atoms with Crippen LogP contribution in [-0.2, 0) is 0 Å². The summed E-state index contributed by atoms with van der Waals surface area (Å²) in [6, 6.07) is 1.90. The second-order valence-corrected chi connectivity index (χ2v) is 3.39. The first-order valence-electron chi connectivity index (χ1n) is 4.84. The molecule has 1 aromatic rings. The summed E-state index contributed by atoms with van der Waals surface area (Å²) >= 11 is 0. The molecule has 2 nitrogen and oxygen atoms in total. The van der Waals surface area contributed by atoms with Crippen LogP contribution < -0.4 is 0 Å². The maximum Gasteiger partial charge on any atom is 0.0793 e. The molecule has 0 fully saturated rings. The lowest BCUT2D eigenvalue weighted by molar-refractivity contribution is 0.163. The quantitative estimate of drug-likeness (QED) is 0.770. The Labute approximate surface area is 79.6 Å². The fourth-order valence-electron chi connectivity index (χ4n) is 1.41. The van der Waals surface area contributed by atoms with Crippen molar-refractivity contribution in [1.82, 2.24) is 4.98 Å². The lowest BCUT2D eigenvalue weighted by Gasteiger charge is -2.12. The molecule has 0 saturated carbocycles. The summed E-state index contributed by atoms with van der Waals surface area (Å²) in [7, 11) is 0. The maximum atomic E-state index is 9.80. The molecule has 0 saturated heterocycles. The summed E-state index contributed by atoms with van der Waals surface area (Å²) in [5.74, 6) is 0. The number of hydrogen-bond acceptors (Lipinski definition) is 2. The molecule has 0 radical (unpaired) electrons. The Balaban J connectivity index is 2.65. The molecule has 1 unspecified atom stereocenters. The zero-order valence-electron chi connectivity index (χ0n) is 8.33. The molecule has 1 heterocycles. The highest BCUT2D eigenvalue weighted by molar-refractivity contribution is 5.23. The second-order valence-electron chi connectivity index (χ2n) is 3.39. The lowest BCUT2D eigenvalue weighted by atomic mass is 10.0. The summed E-state index contributed by atoms with van der Waals surface area (Å²) < 4.78 is 0. The van der Waals surface area contributed by atoms with Crippen LogP contribution in [0.4, 0.5) is 0 Å². The van der Waals surface area contributed by atoms with Gasteiger partial charge < -0.3 is 5.11 Å². The van der Waals surface area contributed by atoms with Gasteiger partial charge in [-0.15, -0.1) is 0 Å². The molecule has 0 aliphatic rings. The van der Waals surface area contributed by atoms with Gasteiger partial charge in [-0.25, -0.2) is 0 Å². The van der Waals surface area contributed by atoms with Gasteiger partial charge in [0.25, 0.3) is 0 Å². The van der Waals surface area contributed by atoms with E-state index in [0.29, 0.717) is 0 Å². The first-order chi connectivity index (χ1) is 6.25. The second kappa shape index (κ2) is 4.97. The number of pyridine rings is 1. The van der Waals surface area contributed by atoms with E-state index in [2.05, 4.69) is 11.9 Å². The van der Waals surface area contributed by atoms with Crippen LogP contribution in [0, 0.1) is 6.92 Å². The van der Waals surface area contributed by atoms with Gasteiger partial charge in [-0.05, 0) is 30.5 Å². The Bertz CT molecular complexity index is 260. The standard InChI is InChI=1S/C11H17NO/c1-3-4-5-11(13)10-6-7-12-8-9(10)2/h6-8,11,13H,3-5H2,1-2H3. The minimum atomic E-state index is -0.317. The monoisotopic (exact) mass is 179 g/mol. The van der Waals surface area contributed by atoms with Crippen molar-refractivity contribution in [1.29, 1.82) is 0 Å². The van der Waals surface area contributed by atoms with Crippen molar-refractivity contribution in [3.05, 3.63) is 29.6 Å². The molecule has 0 amide bonds. The van der Waals surface area contributed by atoms with Gasteiger partial charge in [0.1, 0.15) is 0 Å². The van der Waals surface area contributed by atoms with Crippen molar-refractivity contribution < 1.29 is 5.11 Å². The van der Waals surface area contributed by atoms with Crippen LogP contribution in [0.15, 0.2) is 18.5 Å². The number of rotatable bonds is 4. The largest absolute Gasteiger partial charge is 0.388 e. The van der Waals surface area contributed by atoms with Crippen LogP contribution >= 0.6 is 0 Å². The number of unbranched alkanes of at least 4 members (excludes halogenated alkanes) is 1. The van der Waals surface area contributed by atoms with Crippen LogP contribution in [-0.4, -0.2) is 10.1 Å². The van der Waals surface area contributed by atoms with Gasteiger partial charge in [0.15, 0.2) is 0 Å². The fraction of sp³-hybridized carbons (Fsp3) is 0.545. The van der Waals surface area contributed by atoms with Crippen LogP contribution in [0.1, 0.15) is 43.4 Å². The fourth-order valence-corrected chi connectivity index (χ4v) is 1.41. The molecule has 1 rings (SSSR count). The van der Waals surface area contributed by atoms with Gasteiger partial charge in [-0.1, -0.05) is 19.8 Å². The van der Waals surface area contributed by atoms with Gasteiger partial charge >= 0.3 is 0 Å². The Morgan fingerprint density at radius 3 is 2.92 bits per heavy atom. The minimum Gasteiger partial charge on any atom is -0.388 e. The normalized spacial score (nSPS) is 12.8. The number of hydrogen-bond donors (Lipinski definition) is 1. The average Bonchev–Trinajstić information content (AvgIpc) is 2.15. The average molecular weight is 179 g/mol. The SMILES string of the molecule is CCCCC(O)c1ccncc1C. The highest BCUT2D eigenvalue weighted by Gasteiger charge is 2.08. The molecule has 1 aromatic heterocycles. The van der Waals surface area contributed by atoms with Gasteiger partial charge in [0.05, 0.1) is 6.10 Å². The highest BCUT2D eigenvalue weighted by Crippen LogP contribution is 2.21. The Morgan fingerprint density at radius 2 is 2.31 bits per heavy atom. The number of aliphatic hydroxyl groups is 1. The third kappa shape index (κ3) is 2.81. The van der Waals surface area contributed by atoms with E-state index in [1.807, 2.05) is 13.0 Å². The first-order valence-corrected chi connectivity index (χ1v) is 4.84. The predicted octanol–water partition coefficient (Wildman–Crippen LogP) is 2.61. The van der Waals surface area contributed by atoms with E-state index in [4.69, 9.17) is 0 Å². The van der Waals surface area contributed by atoms with Crippen molar-refractivity contribution in [2.24, 2.45) is 0 Å². The smallest absolute Gasteiger partial charge is 0.0793 e. The van der Waals surface area contributed by atoms with E-state index in [1.54, 1.807) is 12.4 Å². The molecular formula is C11H17NO. The molecule has 2 heteroatoms. The number of nitrogens with zero attached hydrogens (tertiary/aromatic N) is 1. The molecule has 0 spiro atoms. The van der Waals surface area contributed by atoms with Crippen molar-refractivity contribution in [3.8, 4) is 0 Å². The number of aliphatic hydroxyl groups excluding tert-OH is 1. The van der Waals surface area contributed by atoms with E-state index >= 15 is 0 Å². The van der Waals surface area contributed by atoms with Gasteiger partial charge in [0, 0.05) is 12.4 Å². The van der Waals surface area contributed by atoms with Gasteiger partial charge in [0.2, 0.25) is 0 Å². The summed E-state index contributed by atoms with van der Waals surface area (Å²) in [5.41, 5.74) is 2.09. The molecule has 0 bridgehead atoms. The molecule has 1 N–H and O–H groups in total. The third-order valence-electron chi connectivity index (χ3n) is 2.25. The van der Waals surface area contributed by atoms with E-state index in [1.165, 1.54) is 0 Å². The van der Waals surface area contributed by atoms with Crippen molar-refractivity contribution in [2.45, 2.75) is 39.2 Å². The van der Waals surface area contributed by atoms with Crippen LogP contribution in [0.2, 0.25) is 0 Å². The lowest BCUT2D eigenvalue weighted by Crippen LogP contribution is -2.00. The van der Waals surface area contributed by atoms with Crippen molar-refractivity contribution >= 4 is 0 Å². The molecule has 72 valence electrons. The number of aromatic nitrogens is 1. The summed E-state index contributed by atoms with van der Waals surface area (Å²) in [5, 5.41) is 9.80. The Kier molecular flexibility index (Phi) is 3.90. The molecule has 0 aliphatic heterocycles. The van der Waals surface area contributed by atoms with E-state index in [0.717, 1.165) is 30.4 Å². The van der Waals surface area contributed by atoms with Crippen LogP contribution in [0.3, 0.4) is 0 Å². The summed E-state index contributed by atoms with van der Waals surface area (Å²) in [4.78, 5) is 4.00. The maximum absolute atomic E-state index is 9.80. The minimum absolute atomic E-state index is 0.317. The van der Waals surface area contributed by atoms with Crippen molar-refractivity contribution in [2.75, 3.05) is 0 Å². The van der Waals surface area contributed by atoms with Crippen LogP contribution in [0.5, 0.6) is 0 Å². The van der Waals surface area contributed by atoms with Crippen LogP contribution in [0.25, 0.3) is 0 Å². The molecule has 0 aromatic carbocycles. The summed E-state index contributed by atoms with van der Waals surface area (Å²) in [6.07, 6.45) is 6.26. The zero-order valence-corrected chi connectivity index (χ0v) is 8.33. The van der Waals surface area contributed by atoms with Crippen molar-refractivity contribution in [3.63, 3.8) is 0 Å². The topological polar surface area (TPSA) is 33.1 Å². The van der Waals surface area contributed by atoms with E-state index in [9.17, 15) is 5.11 Å². The molecule has 13 heavy (non-hydrogen) atoms. The molecular weight excluding hydrogens is 162 g/mol. The zero-order chi connectivity index (χ0) is 9.68. The Morgan fingerprint density at radius 1 is 1.54 bits per heavy atom. The van der Waals surface area contributed by atoms with Gasteiger partial charge in [-0.2, -0.15) is 0 Å². The van der Waals surface area contributed by atoms with Gasteiger partial charge in [-0.3, -0.25) is 4.98 Å². The predicted molar refractivity (Wildman–Crippen MR) is 53.5 cm³/mol. The third-order valence-corrected chi connectivity index (χ3v) is 2.25. The summed E-state index contributed by atoms with van der Waals surface area (Å²) in [6.45, 7) is 4.11. The van der Waals surface area contributed by atoms with E-state index in [-0.39, 0.29) is 6.10 Å². The molecule has 0 aliphatic carbocycles. The number of aryl methyl sites for hydroxylation is 1. The first kappa shape index (κ1) is 10.2. The highest BCUT2D eigenvalue weighted by atomic mass is 16.3.